The summed E-state index contributed by atoms with van der Waals surface area (Å²) in [7, 11) is -3.53. The Kier molecular flexibility index (Phi) is 5.07. The van der Waals surface area contributed by atoms with Gasteiger partial charge in [-0.25, -0.2) is 13.1 Å². The smallest absolute Gasteiger partial charge is 0.241 e. The molecule has 4 nitrogen and oxygen atoms in total. The fourth-order valence-corrected chi connectivity index (χ4v) is 4.74. The minimum absolute atomic E-state index is 0.0158. The molecule has 0 radical (unpaired) electrons. The van der Waals surface area contributed by atoms with Crippen molar-refractivity contribution in [3.8, 4) is 0 Å². The van der Waals surface area contributed by atoms with E-state index in [-0.39, 0.29) is 17.5 Å². The van der Waals surface area contributed by atoms with E-state index in [4.69, 9.17) is 0 Å². The Morgan fingerprint density at radius 2 is 1.86 bits per heavy atom. The third-order valence-corrected chi connectivity index (χ3v) is 6.14. The highest BCUT2D eigenvalue weighted by Gasteiger charge is 2.27. The maximum atomic E-state index is 12.7. The van der Waals surface area contributed by atoms with Crippen LogP contribution in [0.1, 0.15) is 49.3 Å². The van der Waals surface area contributed by atoms with Crippen LogP contribution < -0.4 is 4.72 Å². The number of aryl methyl sites for hydroxylation is 2. The van der Waals surface area contributed by atoms with Gasteiger partial charge in [0.05, 0.1) is 11.5 Å². The molecular formula is C16H25NO3S. The summed E-state index contributed by atoms with van der Waals surface area (Å²) in [5.74, 6) is 0.372. The highest BCUT2D eigenvalue weighted by molar-refractivity contribution is 7.89. The summed E-state index contributed by atoms with van der Waals surface area (Å²) in [6, 6.07) is 3.44. The van der Waals surface area contributed by atoms with E-state index in [1.165, 1.54) is 6.42 Å². The van der Waals surface area contributed by atoms with Crippen molar-refractivity contribution in [1.29, 1.82) is 0 Å². The molecule has 0 aliphatic heterocycles. The summed E-state index contributed by atoms with van der Waals surface area (Å²) in [6.07, 6.45) is 4.23. The van der Waals surface area contributed by atoms with Crippen LogP contribution in [0.4, 0.5) is 0 Å². The predicted octanol–water partition coefficient (Wildman–Crippen LogP) is 2.65. The van der Waals surface area contributed by atoms with E-state index in [1.807, 2.05) is 13.0 Å². The Hall–Kier alpha value is -0.910. The van der Waals surface area contributed by atoms with Gasteiger partial charge in [-0.3, -0.25) is 0 Å². The van der Waals surface area contributed by atoms with E-state index in [9.17, 15) is 13.5 Å². The van der Waals surface area contributed by atoms with E-state index in [1.54, 1.807) is 13.0 Å². The number of sulfonamides is 1. The zero-order valence-corrected chi connectivity index (χ0v) is 13.8. The third-order valence-electron chi connectivity index (χ3n) is 4.51. The van der Waals surface area contributed by atoms with Crippen LogP contribution in [0.5, 0.6) is 0 Å². The van der Waals surface area contributed by atoms with Crippen molar-refractivity contribution in [2.75, 3.05) is 0 Å². The first kappa shape index (κ1) is 16.5. The normalized spacial score (nSPS) is 23.2. The fraction of sp³-hybridized carbons (Fsp3) is 0.625. The van der Waals surface area contributed by atoms with Crippen LogP contribution in [-0.4, -0.2) is 19.6 Å². The molecule has 1 aromatic carbocycles. The van der Waals surface area contributed by atoms with Gasteiger partial charge in [-0.15, -0.1) is 0 Å². The van der Waals surface area contributed by atoms with Gasteiger partial charge in [0.15, 0.2) is 0 Å². The molecule has 5 heteroatoms. The number of benzene rings is 1. The average molecular weight is 311 g/mol. The molecule has 0 spiro atoms. The van der Waals surface area contributed by atoms with Gasteiger partial charge in [0.1, 0.15) is 0 Å². The molecule has 2 rings (SSSR count). The van der Waals surface area contributed by atoms with Gasteiger partial charge in [-0.05, 0) is 55.4 Å². The Balaban J connectivity index is 2.31. The van der Waals surface area contributed by atoms with Gasteiger partial charge in [0.2, 0.25) is 10.0 Å². The first-order chi connectivity index (χ1) is 9.85. The van der Waals surface area contributed by atoms with Gasteiger partial charge in [0, 0.05) is 6.04 Å². The minimum atomic E-state index is -3.53. The summed E-state index contributed by atoms with van der Waals surface area (Å²) >= 11 is 0. The SMILES string of the molecule is Cc1cc(C)c(S(=O)(=O)NC2CCCCC2C)cc1CO. The van der Waals surface area contributed by atoms with Gasteiger partial charge in [-0.2, -0.15) is 0 Å². The predicted molar refractivity (Wildman–Crippen MR) is 83.6 cm³/mol. The van der Waals surface area contributed by atoms with Crippen LogP contribution in [0.15, 0.2) is 17.0 Å². The van der Waals surface area contributed by atoms with Crippen molar-refractivity contribution in [2.45, 2.75) is 64.0 Å². The lowest BCUT2D eigenvalue weighted by Crippen LogP contribution is -2.41. The van der Waals surface area contributed by atoms with Gasteiger partial charge < -0.3 is 5.11 Å². The highest BCUT2D eigenvalue weighted by Crippen LogP contribution is 2.27. The molecule has 1 aliphatic carbocycles. The lowest BCUT2D eigenvalue weighted by Gasteiger charge is -2.29. The van der Waals surface area contributed by atoms with E-state index < -0.39 is 10.0 Å². The summed E-state index contributed by atoms with van der Waals surface area (Å²) in [5, 5.41) is 9.35. The number of hydrogen-bond donors (Lipinski definition) is 2. The molecule has 21 heavy (non-hydrogen) atoms. The Morgan fingerprint density at radius 3 is 2.48 bits per heavy atom. The molecule has 1 saturated carbocycles. The highest BCUT2D eigenvalue weighted by atomic mass is 32.2. The maximum absolute atomic E-state index is 12.7. The van der Waals surface area contributed by atoms with Crippen molar-refractivity contribution in [2.24, 2.45) is 5.92 Å². The fourth-order valence-electron chi connectivity index (χ4n) is 3.09. The number of aliphatic hydroxyl groups is 1. The van der Waals surface area contributed by atoms with E-state index >= 15 is 0 Å². The molecule has 0 bridgehead atoms. The van der Waals surface area contributed by atoms with Crippen LogP contribution in [0.25, 0.3) is 0 Å². The molecule has 1 aliphatic rings. The Morgan fingerprint density at radius 1 is 1.19 bits per heavy atom. The molecule has 2 unspecified atom stereocenters. The number of rotatable bonds is 4. The summed E-state index contributed by atoms with van der Waals surface area (Å²) in [4.78, 5) is 0.287. The summed E-state index contributed by atoms with van der Waals surface area (Å²) < 4.78 is 28.2. The standard InChI is InChI=1S/C16H25NO3S/c1-11-6-4-5-7-15(11)17-21(19,20)16-9-14(10-18)12(2)8-13(16)3/h8-9,11,15,17-18H,4-7,10H2,1-3H3. The van der Waals surface area contributed by atoms with Crippen molar-refractivity contribution in [1.82, 2.24) is 4.72 Å². The minimum Gasteiger partial charge on any atom is -0.392 e. The maximum Gasteiger partial charge on any atom is 0.241 e. The molecule has 0 heterocycles. The summed E-state index contributed by atoms with van der Waals surface area (Å²) in [5.41, 5.74) is 2.30. The zero-order chi connectivity index (χ0) is 15.6. The number of hydrogen-bond acceptors (Lipinski definition) is 3. The quantitative estimate of drug-likeness (QED) is 0.898. The van der Waals surface area contributed by atoms with Crippen molar-refractivity contribution in [3.63, 3.8) is 0 Å². The second kappa shape index (κ2) is 6.46. The molecule has 1 fully saturated rings. The molecule has 0 amide bonds. The largest absolute Gasteiger partial charge is 0.392 e. The third kappa shape index (κ3) is 3.65. The molecule has 118 valence electrons. The lowest BCUT2D eigenvalue weighted by molar-refractivity contribution is 0.280. The topological polar surface area (TPSA) is 66.4 Å². The van der Waals surface area contributed by atoms with Crippen molar-refractivity contribution in [3.05, 3.63) is 28.8 Å². The summed E-state index contributed by atoms with van der Waals surface area (Å²) in [6.45, 7) is 5.64. The van der Waals surface area contributed by atoms with Crippen LogP contribution in [-0.2, 0) is 16.6 Å². The molecule has 0 aromatic heterocycles. The molecule has 1 aromatic rings. The first-order valence-electron chi connectivity index (χ1n) is 7.58. The van der Waals surface area contributed by atoms with Gasteiger partial charge in [-0.1, -0.05) is 25.8 Å². The second-order valence-corrected chi connectivity index (χ2v) is 7.87. The van der Waals surface area contributed by atoms with E-state index in [0.717, 1.165) is 30.4 Å². The van der Waals surface area contributed by atoms with Crippen LogP contribution in [0, 0.1) is 19.8 Å². The van der Waals surface area contributed by atoms with Crippen LogP contribution >= 0.6 is 0 Å². The number of aliphatic hydroxyl groups excluding tert-OH is 1. The van der Waals surface area contributed by atoms with Gasteiger partial charge >= 0.3 is 0 Å². The average Bonchev–Trinajstić information content (AvgIpc) is 2.41. The Labute approximate surface area is 127 Å². The zero-order valence-electron chi connectivity index (χ0n) is 13.0. The molecule has 0 saturated heterocycles. The van der Waals surface area contributed by atoms with Gasteiger partial charge in [0.25, 0.3) is 0 Å². The van der Waals surface area contributed by atoms with E-state index in [0.29, 0.717) is 11.5 Å². The van der Waals surface area contributed by atoms with Crippen LogP contribution in [0.3, 0.4) is 0 Å². The second-order valence-electron chi connectivity index (χ2n) is 6.19. The van der Waals surface area contributed by atoms with Crippen molar-refractivity contribution >= 4 is 10.0 Å². The molecule has 2 atom stereocenters. The first-order valence-corrected chi connectivity index (χ1v) is 9.07. The van der Waals surface area contributed by atoms with Crippen LogP contribution in [0.2, 0.25) is 0 Å². The monoisotopic (exact) mass is 311 g/mol. The van der Waals surface area contributed by atoms with E-state index in [2.05, 4.69) is 11.6 Å². The number of nitrogens with one attached hydrogen (secondary N) is 1. The van der Waals surface area contributed by atoms with Crippen molar-refractivity contribution < 1.29 is 13.5 Å². The molecule has 2 N–H and O–H groups in total. The lowest BCUT2D eigenvalue weighted by atomic mass is 9.87. The molecular weight excluding hydrogens is 286 g/mol. The Bertz CT molecular complexity index is 610.